The van der Waals surface area contributed by atoms with Gasteiger partial charge in [-0.05, 0) is 80.5 Å². The Morgan fingerprint density at radius 2 is 1.68 bits per heavy atom. The minimum absolute atomic E-state index is 0.0706. The number of fused-ring (bicyclic) bond motifs is 1. The number of aryl methyl sites for hydroxylation is 1. The number of piperidine rings is 1. The standard InChI is InChI=1S/C32H41ClN4O4/c1-22-8-9-28(17-30(22)33)37(32(40)24-10-14-35(15-11-24)23(2)38)13-5-12-34-18-26-20-36(21-27(26)19-34)31(39)25-6-4-7-29(16-25)41-3/h4,6-9,16-17,24,26-27H,5,10-15,18-21H2,1-3H3. The fourth-order valence-electron chi connectivity index (χ4n) is 6.61. The summed E-state index contributed by atoms with van der Waals surface area (Å²) >= 11 is 6.46. The number of hydrogen-bond acceptors (Lipinski definition) is 5. The summed E-state index contributed by atoms with van der Waals surface area (Å²) in [6.07, 6.45) is 2.24. The fourth-order valence-corrected chi connectivity index (χ4v) is 6.78. The summed E-state index contributed by atoms with van der Waals surface area (Å²) in [7, 11) is 1.61. The number of rotatable bonds is 8. The Morgan fingerprint density at radius 3 is 2.32 bits per heavy atom. The van der Waals surface area contributed by atoms with Gasteiger partial charge in [-0.3, -0.25) is 14.4 Å². The second-order valence-corrected chi connectivity index (χ2v) is 12.2. The Labute approximate surface area is 248 Å². The molecule has 41 heavy (non-hydrogen) atoms. The maximum absolute atomic E-state index is 13.7. The van der Waals surface area contributed by atoms with E-state index in [2.05, 4.69) is 4.90 Å². The van der Waals surface area contributed by atoms with Crippen LogP contribution in [-0.4, -0.2) is 91.9 Å². The number of ether oxygens (including phenoxy) is 1. The van der Waals surface area contributed by atoms with E-state index in [4.69, 9.17) is 16.3 Å². The van der Waals surface area contributed by atoms with Gasteiger partial charge in [0.1, 0.15) is 5.75 Å². The molecule has 5 rings (SSSR count). The number of nitrogens with zero attached hydrogens (tertiary/aromatic N) is 4. The van der Waals surface area contributed by atoms with Gasteiger partial charge in [0.2, 0.25) is 11.8 Å². The van der Waals surface area contributed by atoms with Crippen molar-refractivity contribution in [3.63, 3.8) is 0 Å². The topological polar surface area (TPSA) is 73.4 Å². The SMILES string of the molecule is COc1cccc(C(=O)N2CC3CN(CCCN(C(=O)C4CCN(C(C)=O)CC4)c4ccc(C)c(Cl)c4)CC3C2)c1. The van der Waals surface area contributed by atoms with Gasteiger partial charge in [-0.25, -0.2) is 0 Å². The molecule has 0 aromatic heterocycles. The Kier molecular flexibility index (Phi) is 9.19. The fraction of sp³-hybridized carbons (Fsp3) is 0.531. The maximum Gasteiger partial charge on any atom is 0.254 e. The maximum atomic E-state index is 13.7. The molecule has 2 unspecified atom stereocenters. The Hall–Kier alpha value is -3.10. The first-order valence-corrected chi connectivity index (χ1v) is 15.1. The van der Waals surface area contributed by atoms with Crippen LogP contribution in [0.1, 0.15) is 42.1 Å². The molecule has 0 radical (unpaired) electrons. The van der Waals surface area contributed by atoms with Crippen LogP contribution in [0.5, 0.6) is 5.75 Å². The van der Waals surface area contributed by atoms with Gasteiger partial charge in [0.15, 0.2) is 0 Å². The molecule has 220 valence electrons. The lowest BCUT2D eigenvalue weighted by Crippen LogP contribution is -2.44. The van der Waals surface area contributed by atoms with Crippen molar-refractivity contribution in [3.8, 4) is 5.75 Å². The number of carbonyl (C=O) groups is 3. The summed E-state index contributed by atoms with van der Waals surface area (Å²) < 4.78 is 5.29. The van der Waals surface area contributed by atoms with Gasteiger partial charge in [0.25, 0.3) is 5.91 Å². The van der Waals surface area contributed by atoms with Crippen LogP contribution in [0.4, 0.5) is 5.69 Å². The summed E-state index contributed by atoms with van der Waals surface area (Å²) in [5, 5.41) is 0.659. The number of carbonyl (C=O) groups excluding carboxylic acids is 3. The molecule has 0 spiro atoms. The van der Waals surface area contributed by atoms with Crippen molar-refractivity contribution in [1.29, 1.82) is 0 Å². The average molecular weight is 581 g/mol. The van der Waals surface area contributed by atoms with Gasteiger partial charge in [0.05, 0.1) is 7.11 Å². The molecule has 2 aromatic rings. The summed E-state index contributed by atoms with van der Waals surface area (Å²) in [4.78, 5) is 46.8. The molecular formula is C32H41ClN4O4. The first kappa shape index (κ1) is 29.4. The molecule has 3 aliphatic rings. The predicted octanol–water partition coefficient (Wildman–Crippen LogP) is 4.34. The Bertz CT molecular complexity index is 1260. The number of likely N-dealkylation sites (tertiary alicyclic amines) is 3. The van der Waals surface area contributed by atoms with Gasteiger partial charge in [-0.15, -0.1) is 0 Å². The first-order valence-electron chi connectivity index (χ1n) is 14.7. The molecule has 3 heterocycles. The largest absolute Gasteiger partial charge is 0.497 e. The van der Waals surface area contributed by atoms with E-state index in [1.807, 2.05) is 64.1 Å². The molecule has 9 heteroatoms. The van der Waals surface area contributed by atoms with Crippen LogP contribution < -0.4 is 9.64 Å². The van der Waals surface area contributed by atoms with E-state index in [9.17, 15) is 14.4 Å². The molecule has 0 N–H and O–H groups in total. The number of methoxy groups -OCH3 is 1. The van der Waals surface area contributed by atoms with Crippen LogP contribution in [0.3, 0.4) is 0 Å². The van der Waals surface area contributed by atoms with E-state index in [-0.39, 0.29) is 23.6 Å². The van der Waals surface area contributed by atoms with Crippen molar-refractivity contribution < 1.29 is 19.1 Å². The van der Waals surface area contributed by atoms with E-state index in [0.29, 0.717) is 60.6 Å². The van der Waals surface area contributed by atoms with Crippen molar-refractivity contribution in [3.05, 3.63) is 58.6 Å². The zero-order chi connectivity index (χ0) is 29.1. The lowest BCUT2D eigenvalue weighted by molar-refractivity contribution is -0.133. The zero-order valence-electron chi connectivity index (χ0n) is 24.4. The van der Waals surface area contributed by atoms with Crippen molar-refractivity contribution in [2.75, 3.05) is 64.4 Å². The van der Waals surface area contributed by atoms with Crippen LogP contribution in [0, 0.1) is 24.7 Å². The molecule has 0 bridgehead atoms. The Morgan fingerprint density at radius 1 is 0.976 bits per heavy atom. The molecule has 3 aliphatic heterocycles. The predicted molar refractivity (Wildman–Crippen MR) is 160 cm³/mol. The summed E-state index contributed by atoms with van der Waals surface area (Å²) in [6.45, 7) is 9.84. The molecular weight excluding hydrogens is 540 g/mol. The smallest absolute Gasteiger partial charge is 0.254 e. The minimum atomic E-state index is -0.0927. The third kappa shape index (κ3) is 6.70. The van der Waals surface area contributed by atoms with E-state index in [0.717, 1.165) is 50.4 Å². The summed E-state index contributed by atoms with van der Waals surface area (Å²) in [5.74, 6) is 1.83. The van der Waals surface area contributed by atoms with Crippen LogP contribution in [0.2, 0.25) is 5.02 Å². The lowest BCUT2D eigenvalue weighted by atomic mass is 9.94. The Balaban J connectivity index is 1.16. The highest BCUT2D eigenvalue weighted by Gasteiger charge is 2.41. The number of anilines is 1. The highest BCUT2D eigenvalue weighted by atomic mass is 35.5. The van der Waals surface area contributed by atoms with E-state index in [1.54, 1.807) is 14.0 Å². The van der Waals surface area contributed by atoms with E-state index >= 15 is 0 Å². The normalized spacial score (nSPS) is 21.2. The van der Waals surface area contributed by atoms with Crippen molar-refractivity contribution in [2.45, 2.75) is 33.1 Å². The van der Waals surface area contributed by atoms with Crippen LogP contribution in [-0.2, 0) is 9.59 Å². The molecule has 8 nitrogen and oxygen atoms in total. The highest BCUT2D eigenvalue weighted by Crippen LogP contribution is 2.33. The van der Waals surface area contributed by atoms with Crippen LogP contribution >= 0.6 is 11.6 Å². The number of halogens is 1. The number of amides is 3. The van der Waals surface area contributed by atoms with Gasteiger partial charge < -0.3 is 24.3 Å². The van der Waals surface area contributed by atoms with Gasteiger partial charge in [-0.1, -0.05) is 23.7 Å². The van der Waals surface area contributed by atoms with Gasteiger partial charge in [-0.2, -0.15) is 0 Å². The van der Waals surface area contributed by atoms with Crippen molar-refractivity contribution in [1.82, 2.24) is 14.7 Å². The average Bonchev–Trinajstić information content (AvgIpc) is 3.55. The second kappa shape index (κ2) is 12.8. The number of hydrogen-bond donors (Lipinski definition) is 0. The molecule has 3 fully saturated rings. The minimum Gasteiger partial charge on any atom is -0.497 e. The van der Waals surface area contributed by atoms with Crippen molar-refractivity contribution >= 4 is 35.0 Å². The van der Waals surface area contributed by atoms with Gasteiger partial charge >= 0.3 is 0 Å². The lowest BCUT2D eigenvalue weighted by Gasteiger charge is -2.34. The van der Waals surface area contributed by atoms with E-state index in [1.165, 1.54) is 0 Å². The molecule has 0 saturated carbocycles. The second-order valence-electron chi connectivity index (χ2n) is 11.8. The monoisotopic (exact) mass is 580 g/mol. The molecule has 2 atom stereocenters. The van der Waals surface area contributed by atoms with E-state index < -0.39 is 0 Å². The van der Waals surface area contributed by atoms with Gasteiger partial charge in [0, 0.05) is 74.9 Å². The number of benzene rings is 2. The molecule has 3 saturated heterocycles. The third-order valence-corrected chi connectivity index (χ3v) is 9.45. The summed E-state index contributed by atoms with van der Waals surface area (Å²) in [6, 6.07) is 13.2. The molecule has 0 aliphatic carbocycles. The first-order chi connectivity index (χ1) is 19.7. The zero-order valence-corrected chi connectivity index (χ0v) is 25.1. The third-order valence-electron chi connectivity index (χ3n) is 9.04. The molecule has 2 aromatic carbocycles. The summed E-state index contributed by atoms with van der Waals surface area (Å²) in [5.41, 5.74) is 2.50. The molecule has 3 amide bonds. The van der Waals surface area contributed by atoms with Crippen molar-refractivity contribution in [2.24, 2.45) is 17.8 Å². The highest BCUT2D eigenvalue weighted by molar-refractivity contribution is 6.31. The quantitative estimate of drug-likeness (QED) is 0.464. The van der Waals surface area contributed by atoms with Crippen LogP contribution in [0.25, 0.3) is 0 Å². The van der Waals surface area contributed by atoms with Crippen LogP contribution in [0.15, 0.2) is 42.5 Å².